The second kappa shape index (κ2) is 5.80. The molecule has 2 aromatic carbocycles. The molecule has 0 aliphatic heterocycles. The molecular formula is C19H19N3O. The lowest BCUT2D eigenvalue weighted by molar-refractivity contribution is 0.102. The van der Waals surface area contributed by atoms with Crippen LogP contribution in [0.1, 0.15) is 32.9 Å². The van der Waals surface area contributed by atoms with Crippen LogP contribution in [0.3, 0.4) is 0 Å². The number of aromatic nitrogens is 2. The van der Waals surface area contributed by atoms with Crippen molar-refractivity contribution in [2.45, 2.75) is 27.7 Å². The van der Waals surface area contributed by atoms with E-state index in [4.69, 9.17) is 0 Å². The van der Waals surface area contributed by atoms with Crippen LogP contribution in [0.2, 0.25) is 0 Å². The summed E-state index contributed by atoms with van der Waals surface area (Å²) in [5.74, 6) is -0.138. The predicted octanol–water partition coefficient (Wildman–Crippen LogP) is 4.12. The first-order chi connectivity index (χ1) is 11.0. The van der Waals surface area contributed by atoms with Crippen LogP contribution in [-0.4, -0.2) is 15.9 Å². The lowest BCUT2D eigenvalue weighted by atomic mass is 10.1. The molecule has 116 valence electrons. The van der Waals surface area contributed by atoms with Crippen molar-refractivity contribution in [3.05, 3.63) is 64.5 Å². The van der Waals surface area contributed by atoms with Gasteiger partial charge in [-0.1, -0.05) is 12.1 Å². The SMILES string of the molecule is Cc1cccc(NC(=O)c2ccc3nc(C)c(C)nc3c2)c1C. The quantitative estimate of drug-likeness (QED) is 0.775. The van der Waals surface area contributed by atoms with Crippen molar-refractivity contribution < 1.29 is 4.79 Å². The zero-order valence-electron chi connectivity index (χ0n) is 13.8. The minimum Gasteiger partial charge on any atom is -0.322 e. The molecule has 1 amide bonds. The molecule has 3 rings (SSSR count). The Morgan fingerprint density at radius 3 is 2.35 bits per heavy atom. The third kappa shape index (κ3) is 2.93. The van der Waals surface area contributed by atoms with Crippen molar-refractivity contribution in [3.63, 3.8) is 0 Å². The fourth-order valence-electron chi connectivity index (χ4n) is 2.45. The molecule has 4 heteroatoms. The van der Waals surface area contributed by atoms with E-state index in [0.29, 0.717) is 5.56 Å². The highest BCUT2D eigenvalue weighted by Crippen LogP contribution is 2.20. The third-order valence-corrected chi connectivity index (χ3v) is 4.19. The molecule has 0 saturated heterocycles. The van der Waals surface area contributed by atoms with Crippen LogP contribution >= 0.6 is 0 Å². The van der Waals surface area contributed by atoms with Gasteiger partial charge in [-0.3, -0.25) is 4.79 Å². The average Bonchev–Trinajstić information content (AvgIpc) is 2.52. The number of anilines is 1. The topological polar surface area (TPSA) is 54.9 Å². The van der Waals surface area contributed by atoms with Gasteiger partial charge in [-0.25, -0.2) is 9.97 Å². The summed E-state index contributed by atoms with van der Waals surface area (Å²) in [5.41, 5.74) is 6.97. The molecule has 3 aromatic rings. The van der Waals surface area contributed by atoms with Crippen LogP contribution in [0.15, 0.2) is 36.4 Å². The van der Waals surface area contributed by atoms with Gasteiger partial charge in [0.05, 0.1) is 22.4 Å². The largest absolute Gasteiger partial charge is 0.322 e. The zero-order valence-corrected chi connectivity index (χ0v) is 13.8. The Balaban J connectivity index is 1.94. The minimum atomic E-state index is -0.138. The fraction of sp³-hybridized carbons (Fsp3) is 0.211. The number of hydrogen-bond donors (Lipinski definition) is 1. The Morgan fingerprint density at radius 2 is 1.61 bits per heavy atom. The number of amides is 1. The number of rotatable bonds is 2. The highest BCUT2D eigenvalue weighted by molar-refractivity contribution is 6.06. The minimum absolute atomic E-state index is 0.138. The van der Waals surface area contributed by atoms with E-state index in [1.165, 1.54) is 0 Å². The molecule has 0 fully saturated rings. The monoisotopic (exact) mass is 305 g/mol. The van der Waals surface area contributed by atoms with Gasteiger partial charge in [-0.2, -0.15) is 0 Å². The molecule has 0 radical (unpaired) electrons. The summed E-state index contributed by atoms with van der Waals surface area (Å²) in [6, 6.07) is 11.3. The molecule has 0 bridgehead atoms. The molecule has 23 heavy (non-hydrogen) atoms. The first kappa shape index (κ1) is 15.2. The van der Waals surface area contributed by atoms with Crippen LogP contribution in [0.4, 0.5) is 5.69 Å². The van der Waals surface area contributed by atoms with Gasteiger partial charge in [0.25, 0.3) is 5.91 Å². The van der Waals surface area contributed by atoms with Gasteiger partial charge in [0.1, 0.15) is 0 Å². The summed E-state index contributed by atoms with van der Waals surface area (Å²) in [5, 5.41) is 2.97. The van der Waals surface area contributed by atoms with E-state index >= 15 is 0 Å². The maximum atomic E-state index is 12.5. The summed E-state index contributed by atoms with van der Waals surface area (Å²) in [6.45, 7) is 7.89. The second-order valence-electron chi connectivity index (χ2n) is 5.80. The molecule has 0 spiro atoms. The van der Waals surface area contributed by atoms with Gasteiger partial charge in [-0.05, 0) is 63.1 Å². The molecule has 1 aromatic heterocycles. The molecule has 0 saturated carbocycles. The maximum absolute atomic E-state index is 12.5. The van der Waals surface area contributed by atoms with Crippen LogP contribution in [0.5, 0.6) is 0 Å². The summed E-state index contributed by atoms with van der Waals surface area (Å²) >= 11 is 0. The number of carbonyl (C=O) groups is 1. The number of aryl methyl sites for hydroxylation is 3. The van der Waals surface area contributed by atoms with E-state index in [-0.39, 0.29) is 5.91 Å². The summed E-state index contributed by atoms with van der Waals surface area (Å²) < 4.78 is 0. The number of nitrogens with zero attached hydrogens (tertiary/aromatic N) is 2. The molecule has 0 atom stereocenters. The number of hydrogen-bond acceptors (Lipinski definition) is 3. The fourth-order valence-corrected chi connectivity index (χ4v) is 2.45. The Hall–Kier alpha value is -2.75. The van der Waals surface area contributed by atoms with Crippen LogP contribution in [0, 0.1) is 27.7 Å². The number of carbonyl (C=O) groups excluding carboxylic acids is 1. The Morgan fingerprint density at radius 1 is 0.913 bits per heavy atom. The summed E-state index contributed by atoms with van der Waals surface area (Å²) in [4.78, 5) is 21.5. The van der Waals surface area contributed by atoms with Crippen LogP contribution in [-0.2, 0) is 0 Å². The average molecular weight is 305 g/mol. The van der Waals surface area contributed by atoms with E-state index in [1.807, 2.05) is 52.0 Å². The van der Waals surface area contributed by atoms with E-state index in [0.717, 1.165) is 39.2 Å². The van der Waals surface area contributed by atoms with E-state index in [2.05, 4.69) is 15.3 Å². The smallest absolute Gasteiger partial charge is 0.255 e. The van der Waals surface area contributed by atoms with Crippen molar-refractivity contribution in [2.75, 3.05) is 5.32 Å². The van der Waals surface area contributed by atoms with Crippen molar-refractivity contribution in [1.29, 1.82) is 0 Å². The Bertz CT molecular complexity index is 916. The molecular weight excluding hydrogens is 286 g/mol. The highest BCUT2D eigenvalue weighted by atomic mass is 16.1. The van der Waals surface area contributed by atoms with E-state index in [9.17, 15) is 4.79 Å². The van der Waals surface area contributed by atoms with Gasteiger partial charge in [0, 0.05) is 11.3 Å². The summed E-state index contributed by atoms with van der Waals surface area (Å²) in [7, 11) is 0. The maximum Gasteiger partial charge on any atom is 0.255 e. The Labute approximate surface area is 135 Å². The molecule has 0 aliphatic carbocycles. The van der Waals surface area contributed by atoms with Gasteiger partial charge in [-0.15, -0.1) is 0 Å². The molecule has 4 nitrogen and oxygen atoms in total. The lowest BCUT2D eigenvalue weighted by Gasteiger charge is -2.11. The molecule has 1 N–H and O–H groups in total. The van der Waals surface area contributed by atoms with Crippen molar-refractivity contribution >= 4 is 22.6 Å². The highest BCUT2D eigenvalue weighted by Gasteiger charge is 2.10. The van der Waals surface area contributed by atoms with Crippen molar-refractivity contribution in [3.8, 4) is 0 Å². The first-order valence-electron chi connectivity index (χ1n) is 7.58. The number of fused-ring (bicyclic) bond motifs is 1. The summed E-state index contributed by atoms with van der Waals surface area (Å²) in [6.07, 6.45) is 0. The molecule has 1 heterocycles. The van der Waals surface area contributed by atoms with Crippen molar-refractivity contribution in [1.82, 2.24) is 9.97 Å². The number of benzene rings is 2. The van der Waals surface area contributed by atoms with E-state index in [1.54, 1.807) is 12.1 Å². The predicted molar refractivity (Wildman–Crippen MR) is 92.9 cm³/mol. The Kier molecular flexibility index (Phi) is 3.82. The molecule has 0 unspecified atom stereocenters. The van der Waals surface area contributed by atoms with Crippen molar-refractivity contribution in [2.24, 2.45) is 0 Å². The van der Waals surface area contributed by atoms with Crippen LogP contribution in [0.25, 0.3) is 11.0 Å². The van der Waals surface area contributed by atoms with E-state index < -0.39 is 0 Å². The zero-order chi connectivity index (χ0) is 16.6. The first-order valence-corrected chi connectivity index (χ1v) is 7.58. The number of nitrogens with one attached hydrogen (secondary N) is 1. The second-order valence-corrected chi connectivity index (χ2v) is 5.80. The van der Waals surface area contributed by atoms with Gasteiger partial charge < -0.3 is 5.32 Å². The van der Waals surface area contributed by atoms with Gasteiger partial charge in [0.2, 0.25) is 0 Å². The normalized spacial score (nSPS) is 10.8. The van der Waals surface area contributed by atoms with Crippen LogP contribution < -0.4 is 5.32 Å². The van der Waals surface area contributed by atoms with Gasteiger partial charge in [0.15, 0.2) is 0 Å². The third-order valence-electron chi connectivity index (χ3n) is 4.19. The van der Waals surface area contributed by atoms with Gasteiger partial charge >= 0.3 is 0 Å². The lowest BCUT2D eigenvalue weighted by Crippen LogP contribution is -2.13. The molecule has 0 aliphatic rings. The standard InChI is InChI=1S/C19H19N3O/c1-11-6-5-7-16(12(11)2)22-19(23)15-8-9-17-18(10-15)21-14(4)13(3)20-17/h5-10H,1-4H3,(H,22,23).